The van der Waals surface area contributed by atoms with Crippen LogP contribution in [0, 0.1) is 5.92 Å². The standard InChI is InChI=1S/C11H24N2/c1-4-6-13-7-5-11(9-13)8-12-10(2)3/h10-12H,4-9H2,1-3H3/t11-/m0/s1. The first kappa shape index (κ1) is 11.0. The Bertz CT molecular complexity index is 134. The smallest absolute Gasteiger partial charge is 0.00223 e. The first-order chi connectivity index (χ1) is 6.22. The average molecular weight is 184 g/mol. The van der Waals surface area contributed by atoms with Gasteiger partial charge in [0.1, 0.15) is 0 Å². The molecule has 78 valence electrons. The number of likely N-dealkylation sites (tertiary alicyclic amines) is 1. The molecule has 0 aromatic carbocycles. The van der Waals surface area contributed by atoms with E-state index in [4.69, 9.17) is 0 Å². The van der Waals surface area contributed by atoms with Crippen molar-refractivity contribution in [3.05, 3.63) is 0 Å². The third-order valence-electron chi connectivity index (χ3n) is 2.72. The van der Waals surface area contributed by atoms with Crippen molar-refractivity contribution in [3.8, 4) is 0 Å². The molecule has 13 heavy (non-hydrogen) atoms. The molecule has 1 atom stereocenters. The van der Waals surface area contributed by atoms with Crippen molar-refractivity contribution in [2.24, 2.45) is 5.92 Å². The summed E-state index contributed by atoms with van der Waals surface area (Å²) in [5.41, 5.74) is 0. The molecule has 1 heterocycles. The SMILES string of the molecule is CCCN1CC[C@@H](CNC(C)C)C1. The molecule has 0 aromatic rings. The lowest BCUT2D eigenvalue weighted by Crippen LogP contribution is -2.30. The van der Waals surface area contributed by atoms with Crippen LogP contribution in [0.3, 0.4) is 0 Å². The summed E-state index contributed by atoms with van der Waals surface area (Å²) in [5, 5.41) is 3.52. The molecule has 0 spiro atoms. The van der Waals surface area contributed by atoms with E-state index in [-0.39, 0.29) is 0 Å². The molecule has 2 nitrogen and oxygen atoms in total. The first-order valence-corrected chi connectivity index (χ1v) is 5.68. The van der Waals surface area contributed by atoms with Gasteiger partial charge in [-0.2, -0.15) is 0 Å². The Labute approximate surface area is 82.7 Å². The lowest BCUT2D eigenvalue weighted by molar-refractivity contribution is 0.320. The summed E-state index contributed by atoms with van der Waals surface area (Å²) in [6, 6.07) is 0.639. The van der Waals surface area contributed by atoms with E-state index in [1.165, 1.54) is 39.0 Å². The van der Waals surface area contributed by atoms with Gasteiger partial charge in [0, 0.05) is 12.6 Å². The molecule has 0 saturated carbocycles. The number of hydrogen-bond donors (Lipinski definition) is 1. The molecule has 0 radical (unpaired) electrons. The van der Waals surface area contributed by atoms with Crippen molar-refractivity contribution in [3.63, 3.8) is 0 Å². The average Bonchev–Trinajstić information content (AvgIpc) is 2.50. The summed E-state index contributed by atoms with van der Waals surface area (Å²) < 4.78 is 0. The minimum atomic E-state index is 0.639. The normalized spacial score (nSPS) is 24.5. The van der Waals surface area contributed by atoms with E-state index < -0.39 is 0 Å². The van der Waals surface area contributed by atoms with Crippen molar-refractivity contribution >= 4 is 0 Å². The van der Waals surface area contributed by atoms with Gasteiger partial charge >= 0.3 is 0 Å². The lowest BCUT2D eigenvalue weighted by Gasteiger charge is -2.16. The van der Waals surface area contributed by atoms with Crippen molar-refractivity contribution in [1.29, 1.82) is 0 Å². The van der Waals surface area contributed by atoms with Crippen molar-refractivity contribution < 1.29 is 0 Å². The maximum atomic E-state index is 3.52. The second-order valence-corrected chi connectivity index (χ2v) is 4.52. The summed E-state index contributed by atoms with van der Waals surface area (Å²) in [7, 11) is 0. The van der Waals surface area contributed by atoms with Crippen LogP contribution in [0.4, 0.5) is 0 Å². The Kier molecular flexibility index (Phi) is 4.74. The van der Waals surface area contributed by atoms with Gasteiger partial charge in [-0.05, 0) is 38.4 Å². The predicted molar refractivity (Wildman–Crippen MR) is 58.0 cm³/mol. The molecule has 1 aliphatic heterocycles. The van der Waals surface area contributed by atoms with E-state index in [9.17, 15) is 0 Å². The van der Waals surface area contributed by atoms with Crippen LogP contribution < -0.4 is 5.32 Å². The molecular weight excluding hydrogens is 160 g/mol. The Morgan fingerprint density at radius 2 is 2.23 bits per heavy atom. The number of nitrogens with zero attached hydrogens (tertiary/aromatic N) is 1. The molecule has 0 unspecified atom stereocenters. The minimum absolute atomic E-state index is 0.639. The molecule has 2 heteroatoms. The zero-order chi connectivity index (χ0) is 9.68. The highest BCUT2D eigenvalue weighted by Crippen LogP contribution is 2.15. The van der Waals surface area contributed by atoms with Gasteiger partial charge in [0.05, 0.1) is 0 Å². The zero-order valence-electron chi connectivity index (χ0n) is 9.34. The highest BCUT2D eigenvalue weighted by Gasteiger charge is 2.21. The molecule has 1 aliphatic rings. The third-order valence-corrected chi connectivity index (χ3v) is 2.72. The number of rotatable bonds is 5. The monoisotopic (exact) mass is 184 g/mol. The van der Waals surface area contributed by atoms with Crippen molar-refractivity contribution in [1.82, 2.24) is 10.2 Å². The molecule has 1 N–H and O–H groups in total. The van der Waals surface area contributed by atoms with Gasteiger partial charge in [0.15, 0.2) is 0 Å². The van der Waals surface area contributed by atoms with E-state index in [0.29, 0.717) is 6.04 Å². The summed E-state index contributed by atoms with van der Waals surface area (Å²) in [5.74, 6) is 0.897. The van der Waals surface area contributed by atoms with Gasteiger partial charge in [-0.25, -0.2) is 0 Å². The fraction of sp³-hybridized carbons (Fsp3) is 1.00. The van der Waals surface area contributed by atoms with Crippen LogP contribution in [0.15, 0.2) is 0 Å². The van der Waals surface area contributed by atoms with Gasteiger partial charge < -0.3 is 10.2 Å². The molecule has 0 amide bonds. The molecule has 0 bridgehead atoms. The van der Waals surface area contributed by atoms with Gasteiger partial charge in [0.2, 0.25) is 0 Å². The lowest BCUT2D eigenvalue weighted by atomic mass is 10.1. The fourth-order valence-corrected chi connectivity index (χ4v) is 2.00. The second kappa shape index (κ2) is 5.61. The zero-order valence-corrected chi connectivity index (χ0v) is 9.34. The van der Waals surface area contributed by atoms with E-state index in [1.54, 1.807) is 0 Å². The molecule has 1 fully saturated rings. The van der Waals surface area contributed by atoms with Crippen LogP contribution in [0.5, 0.6) is 0 Å². The third kappa shape index (κ3) is 4.10. The van der Waals surface area contributed by atoms with Crippen LogP contribution in [-0.4, -0.2) is 37.1 Å². The number of hydrogen-bond acceptors (Lipinski definition) is 2. The minimum Gasteiger partial charge on any atom is -0.314 e. The molecule has 0 aliphatic carbocycles. The summed E-state index contributed by atoms with van der Waals surface area (Å²) in [4.78, 5) is 2.59. The van der Waals surface area contributed by atoms with E-state index in [1.807, 2.05) is 0 Å². The van der Waals surface area contributed by atoms with Crippen LogP contribution in [-0.2, 0) is 0 Å². The Morgan fingerprint density at radius 3 is 2.85 bits per heavy atom. The van der Waals surface area contributed by atoms with Gasteiger partial charge in [-0.15, -0.1) is 0 Å². The molecular formula is C11H24N2. The first-order valence-electron chi connectivity index (χ1n) is 5.68. The van der Waals surface area contributed by atoms with Gasteiger partial charge in [-0.3, -0.25) is 0 Å². The van der Waals surface area contributed by atoms with E-state index >= 15 is 0 Å². The van der Waals surface area contributed by atoms with E-state index in [0.717, 1.165) is 5.92 Å². The van der Waals surface area contributed by atoms with Crippen LogP contribution >= 0.6 is 0 Å². The predicted octanol–water partition coefficient (Wildman–Crippen LogP) is 1.72. The molecule has 1 saturated heterocycles. The van der Waals surface area contributed by atoms with Gasteiger partial charge in [0.25, 0.3) is 0 Å². The summed E-state index contributed by atoms with van der Waals surface area (Å²) >= 11 is 0. The van der Waals surface area contributed by atoms with Crippen molar-refractivity contribution in [2.75, 3.05) is 26.2 Å². The topological polar surface area (TPSA) is 15.3 Å². The van der Waals surface area contributed by atoms with E-state index in [2.05, 4.69) is 31.0 Å². The Morgan fingerprint density at radius 1 is 1.46 bits per heavy atom. The second-order valence-electron chi connectivity index (χ2n) is 4.52. The van der Waals surface area contributed by atoms with Crippen LogP contribution in [0.2, 0.25) is 0 Å². The van der Waals surface area contributed by atoms with Crippen LogP contribution in [0.1, 0.15) is 33.6 Å². The quantitative estimate of drug-likeness (QED) is 0.700. The Hall–Kier alpha value is -0.0800. The van der Waals surface area contributed by atoms with Crippen LogP contribution in [0.25, 0.3) is 0 Å². The summed E-state index contributed by atoms with van der Waals surface area (Å²) in [6.07, 6.45) is 2.68. The molecule has 1 rings (SSSR count). The summed E-state index contributed by atoms with van der Waals surface area (Å²) in [6.45, 7) is 11.8. The maximum Gasteiger partial charge on any atom is 0.00223 e. The Balaban J connectivity index is 2.10. The fourth-order valence-electron chi connectivity index (χ4n) is 2.00. The largest absolute Gasteiger partial charge is 0.314 e. The van der Waals surface area contributed by atoms with Gasteiger partial charge in [-0.1, -0.05) is 20.8 Å². The maximum absolute atomic E-state index is 3.52. The highest BCUT2D eigenvalue weighted by molar-refractivity contribution is 4.77. The molecule has 0 aromatic heterocycles. The number of nitrogens with one attached hydrogen (secondary N) is 1. The highest BCUT2D eigenvalue weighted by atomic mass is 15.1. The van der Waals surface area contributed by atoms with Crippen molar-refractivity contribution in [2.45, 2.75) is 39.7 Å².